The summed E-state index contributed by atoms with van der Waals surface area (Å²) in [6, 6.07) is 13.7. The molecule has 0 bridgehead atoms. The van der Waals surface area contributed by atoms with Crippen molar-refractivity contribution in [2.24, 2.45) is 0 Å². The fraction of sp³-hybridized carbons (Fsp3) is 0.167. The Balaban J connectivity index is 1.57. The highest BCUT2D eigenvalue weighted by molar-refractivity contribution is 6.30. The van der Waals surface area contributed by atoms with Gasteiger partial charge >= 0.3 is 0 Å². The minimum absolute atomic E-state index is 0.189. The number of anilines is 1. The van der Waals surface area contributed by atoms with Gasteiger partial charge in [-0.25, -0.2) is 4.39 Å². The lowest BCUT2D eigenvalue weighted by atomic mass is 10.1. The van der Waals surface area contributed by atoms with Crippen LogP contribution in [0.5, 0.6) is 0 Å². The van der Waals surface area contributed by atoms with Crippen molar-refractivity contribution in [3.05, 3.63) is 65.3 Å². The van der Waals surface area contributed by atoms with Crippen molar-refractivity contribution in [3.63, 3.8) is 0 Å². The summed E-state index contributed by atoms with van der Waals surface area (Å²) in [6.45, 7) is 0.286. The van der Waals surface area contributed by atoms with Crippen molar-refractivity contribution in [2.45, 2.75) is 12.3 Å². The number of amides is 1. The molecule has 0 radical (unpaired) electrons. The van der Waals surface area contributed by atoms with E-state index in [1.54, 1.807) is 6.07 Å². The second-order valence-electron chi connectivity index (χ2n) is 5.82. The van der Waals surface area contributed by atoms with E-state index in [0.29, 0.717) is 11.7 Å². The standard InChI is InChI=1S/C18H13ClFN3O2/c19-13-6-7-15(14(20)9-13)23-10-12(8-16(23)24)18-21-17(22-25-18)11-4-2-1-3-5-11/h1-7,9,12H,8,10H2. The number of benzene rings is 2. The van der Waals surface area contributed by atoms with Gasteiger partial charge in [-0.15, -0.1) is 0 Å². The third-order valence-corrected chi connectivity index (χ3v) is 4.38. The van der Waals surface area contributed by atoms with Gasteiger partial charge in [0.25, 0.3) is 0 Å². The molecule has 1 atom stereocenters. The molecule has 5 nitrogen and oxygen atoms in total. The molecule has 2 aromatic carbocycles. The quantitative estimate of drug-likeness (QED) is 0.709. The van der Waals surface area contributed by atoms with Gasteiger partial charge in [-0.2, -0.15) is 4.98 Å². The van der Waals surface area contributed by atoms with Gasteiger partial charge in [0.15, 0.2) is 0 Å². The monoisotopic (exact) mass is 357 g/mol. The first-order chi connectivity index (χ1) is 12.1. The van der Waals surface area contributed by atoms with Gasteiger partial charge in [0.05, 0.1) is 11.6 Å². The van der Waals surface area contributed by atoms with E-state index in [1.807, 2.05) is 30.3 Å². The van der Waals surface area contributed by atoms with Crippen molar-refractivity contribution < 1.29 is 13.7 Å². The van der Waals surface area contributed by atoms with Gasteiger partial charge in [0.2, 0.25) is 17.6 Å². The van der Waals surface area contributed by atoms with Crippen molar-refractivity contribution in [3.8, 4) is 11.4 Å². The molecule has 4 rings (SSSR count). The zero-order valence-corrected chi connectivity index (χ0v) is 13.8. The van der Waals surface area contributed by atoms with Crippen LogP contribution in [0.3, 0.4) is 0 Å². The second-order valence-corrected chi connectivity index (χ2v) is 6.26. The first-order valence-corrected chi connectivity index (χ1v) is 8.14. The smallest absolute Gasteiger partial charge is 0.232 e. The molecule has 0 saturated carbocycles. The van der Waals surface area contributed by atoms with Gasteiger partial charge in [-0.3, -0.25) is 4.79 Å². The SMILES string of the molecule is O=C1CC(c2nc(-c3ccccc3)no2)CN1c1ccc(Cl)cc1F. The van der Waals surface area contributed by atoms with E-state index >= 15 is 0 Å². The lowest BCUT2D eigenvalue weighted by Gasteiger charge is -2.16. The molecule has 0 aliphatic carbocycles. The van der Waals surface area contributed by atoms with Gasteiger partial charge in [-0.05, 0) is 18.2 Å². The normalized spacial score (nSPS) is 17.3. The molecular formula is C18H13ClFN3O2. The third-order valence-electron chi connectivity index (χ3n) is 4.15. The van der Waals surface area contributed by atoms with E-state index in [9.17, 15) is 9.18 Å². The molecule has 25 heavy (non-hydrogen) atoms. The minimum Gasteiger partial charge on any atom is -0.339 e. The lowest BCUT2D eigenvalue weighted by Crippen LogP contribution is -2.25. The molecule has 1 aliphatic heterocycles. The number of carbonyl (C=O) groups is 1. The number of nitrogens with zero attached hydrogens (tertiary/aromatic N) is 3. The van der Waals surface area contributed by atoms with Crippen molar-refractivity contribution >= 4 is 23.2 Å². The summed E-state index contributed by atoms with van der Waals surface area (Å²) in [5.74, 6) is -0.140. The van der Waals surface area contributed by atoms with Crippen molar-refractivity contribution in [1.29, 1.82) is 0 Å². The van der Waals surface area contributed by atoms with Crippen LogP contribution >= 0.6 is 11.6 Å². The van der Waals surface area contributed by atoms with Crippen LogP contribution in [-0.2, 0) is 4.79 Å². The first kappa shape index (κ1) is 15.8. The zero-order chi connectivity index (χ0) is 17.4. The molecule has 7 heteroatoms. The van der Waals surface area contributed by atoms with Crippen molar-refractivity contribution in [2.75, 3.05) is 11.4 Å². The summed E-state index contributed by atoms with van der Waals surface area (Å²) in [4.78, 5) is 18.1. The van der Waals surface area contributed by atoms with E-state index in [0.717, 1.165) is 5.56 Å². The van der Waals surface area contributed by atoms with Crippen LogP contribution < -0.4 is 4.90 Å². The molecule has 1 aliphatic rings. The molecule has 1 saturated heterocycles. The first-order valence-electron chi connectivity index (χ1n) is 7.76. The van der Waals surface area contributed by atoms with Crippen LogP contribution in [0.4, 0.5) is 10.1 Å². The highest BCUT2D eigenvalue weighted by atomic mass is 35.5. The molecule has 0 spiro atoms. The number of hydrogen-bond acceptors (Lipinski definition) is 4. The Hall–Kier alpha value is -2.73. The van der Waals surface area contributed by atoms with Crippen LogP contribution in [0.2, 0.25) is 5.02 Å². The van der Waals surface area contributed by atoms with Crippen molar-refractivity contribution in [1.82, 2.24) is 10.1 Å². The Morgan fingerprint density at radius 1 is 1.20 bits per heavy atom. The lowest BCUT2D eigenvalue weighted by molar-refractivity contribution is -0.117. The maximum absolute atomic E-state index is 14.1. The van der Waals surface area contributed by atoms with E-state index in [1.165, 1.54) is 17.0 Å². The van der Waals surface area contributed by atoms with E-state index < -0.39 is 5.82 Å². The minimum atomic E-state index is -0.531. The largest absolute Gasteiger partial charge is 0.339 e. The zero-order valence-electron chi connectivity index (χ0n) is 13.0. The van der Waals surface area contributed by atoms with Crippen LogP contribution in [-0.4, -0.2) is 22.6 Å². The van der Waals surface area contributed by atoms with Gasteiger partial charge in [0.1, 0.15) is 5.82 Å². The topological polar surface area (TPSA) is 59.2 Å². The number of hydrogen-bond donors (Lipinski definition) is 0. The highest BCUT2D eigenvalue weighted by Crippen LogP contribution is 2.33. The summed E-state index contributed by atoms with van der Waals surface area (Å²) in [5, 5.41) is 4.26. The number of rotatable bonds is 3. The van der Waals surface area contributed by atoms with Crippen LogP contribution in [0.25, 0.3) is 11.4 Å². The summed E-state index contributed by atoms with van der Waals surface area (Å²) < 4.78 is 19.4. The fourth-order valence-electron chi connectivity index (χ4n) is 2.91. The molecule has 2 heterocycles. The van der Waals surface area contributed by atoms with Crippen LogP contribution in [0, 0.1) is 5.82 Å². The molecule has 1 amide bonds. The Kier molecular flexibility index (Phi) is 3.97. The average Bonchev–Trinajstić information content (AvgIpc) is 3.23. The Morgan fingerprint density at radius 3 is 2.76 bits per heavy atom. The fourth-order valence-corrected chi connectivity index (χ4v) is 3.07. The number of carbonyl (C=O) groups excluding carboxylic acids is 1. The Morgan fingerprint density at radius 2 is 2.00 bits per heavy atom. The van der Waals surface area contributed by atoms with E-state index in [-0.39, 0.29) is 35.5 Å². The van der Waals surface area contributed by atoms with E-state index in [2.05, 4.69) is 10.1 Å². The summed E-state index contributed by atoms with van der Waals surface area (Å²) >= 11 is 5.77. The van der Waals surface area contributed by atoms with Gasteiger partial charge in [0, 0.05) is 23.6 Å². The molecule has 1 fully saturated rings. The Labute approximate surface area is 148 Å². The second kappa shape index (κ2) is 6.29. The summed E-state index contributed by atoms with van der Waals surface area (Å²) in [7, 11) is 0. The maximum atomic E-state index is 14.1. The molecule has 126 valence electrons. The Bertz CT molecular complexity index is 929. The van der Waals surface area contributed by atoms with E-state index in [4.69, 9.17) is 16.1 Å². The predicted molar refractivity (Wildman–Crippen MR) is 90.9 cm³/mol. The molecular weight excluding hydrogens is 345 g/mol. The predicted octanol–water partition coefficient (Wildman–Crippen LogP) is 4.05. The van der Waals surface area contributed by atoms with Gasteiger partial charge in [-0.1, -0.05) is 47.1 Å². The van der Waals surface area contributed by atoms with Crippen LogP contribution in [0.1, 0.15) is 18.2 Å². The average molecular weight is 358 g/mol. The number of halogens is 2. The maximum Gasteiger partial charge on any atom is 0.232 e. The highest BCUT2D eigenvalue weighted by Gasteiger charge is 2.36. The molecule has 0 N–H and O–H groups in total. The molecule has 3 aromatic rings. The third kappa shape index (κ3) is 3.00. The number of aromatic nitrogens is 2. The van der Waals surface area contributed by atoms with Gasteiger partial charge < -0.3 is 9.42 Å². The summed E-state index contributed by atoms with van der Waals surface area (Å²) in [6.07, 6.45) is 0.193. The molecule has 1 unspecified atom stereocenters. The molecule has 1 aromatic heterocycles. The van der Waals surface area contributed by atoms with Crippen LogP contribution in [0.15, 0.2) is 53.1 Å². The summed E-state index contributed by atoms with van der Waals surface area (Å²) in [5.41, 5.74) is 1.04.